The molecule has 0 saturated carbocycles. The Morgan fingerprint density at radius 1 is 1.22 bits per heavy atom. The van der Waals surface area contributed by atoms with Crippen LogP contribution >= 0.6 is 0 Å². The Labute approximate surface area is 105 Å². The normalized spacial score (nSPS) is 10.2. The smallest absolute Gasteiger partial charge is 0.148 e. The monoisotopic (exact) mass is 246 g/mol. The van der Waals surface area contributed by atoms with Gasteiger partial charge in [0.1, 0.15) is 11.6 Å². The molecular formula is C14H15FN2O. The maximum atomic E-state index is 13.3. The van der Waals surface area contributed by atoms with Crippen LogP contribution in [0.15, 0.2) is 36.4 Å². The largest absolute Gasteiger partial charge is 0.496 e. The van der Waals surface area contributed by atoms with Gasteiger partial charge in [0, 0.05) is 5.69 Å². The van der Waals surface area contributed by atoms with Crippen molar-refractivity contribution in [1.29, 1.82) is 0 Å². The van der Waals surface area contributed by atoms with E-state index in [1.54, 1.807) is 19.2 Å². The molecule has 0 aliphatic heterocycles. The number of hydrogen-bond donors (Lipinski definition) is 2. The van der Waals surface area contributed by atoms with Crippen LogP contribution in [0.5, 0.6) is 5.75 Å². The van der Waals surface area contributed by atoms with E-state index >= 15 is 0 Å². The van der Waals surface area contributed by atoms with Crippen LogP contribution in [0, 0.1) is 12.7 Å². The van der Waals surface area contributed by atoms with Crippen LogP contribution in [0.3, 0.4) is 0 Å². The van der Waals surface area contributed by atoms with Crippen LogP contribution in [-0.2, 0) is 0 Å². The molecule has 0 amide bonds. The van der Waals surface area contributed by atoms with Crippen LogP contribution in [0.25, 0.3) is 0 Å². The highest BCUT2D eigenvalue weighted by Crippen LogP contribution is 2.28. The van der Waals surface area contributed by atoms with Gasteiger partial charge < -0.3 is 15.8 Å². The number of nitrogens with one attached hydrogen (secondary N) is 1. The number of rotatable bonds is 3. The number of ether oxygens (including phenoxy) is 1. The summed E-state index contributed by atoms with van der Waals surface area (Å²) >= 11 is 0. The predicted octanol–water partition coefficient (Wildman–Crippen LogP) is 3.47. The lowest BCUT2D eigenvalue weighted by atomic mass is 10.2. The minimum atomic E-state index is -0.426. The molecule has 0 saturated heterocycles. The van der Waals surface area contributed by atoms with Crippen molar-refractivity contribution >= 4 is 17.1 Å². The van der Waals surface area contributed by atoms with Crippen LogP contribution in [0.1, 0.15) is 5.56 Å². The highest BCUT2D eigenvalue weighted by molar-refractivity contribution is 5.73. The van der Waals surface area contributed by atoms with Gasteiger partial charge in [-0.3, -0.25) is 0 Å². The van der Waals surface area contributed by atoms with E-state index in [2.05, 4.69) is 5.32 Å². The molecule has 0 fully saturated rings. The van der Waals surface area contributed by atoms with Crippen LogP contribution in [-0.4, -0.2) is 7.11 Å². The van der Waals surface area contributed by atoms with Crippen LogP contribution in [0.4, 0.5) is 21.5 Å². The SMILES string of the molecule is COc1ccc(Nc2cccc(F)c2N)cc1C. The van der Waals surface area contributed by atoms with Crippen molar-refractivity contribution in [2.24, 2.45) is 0 Å². The minimum absolute atomic E-state index is 0.117. The fraction of sp³-hybridized carbons (Fsp3) is 0.143. The molecule has 2 rings (SSSR count). The van der Waals surface area contributed by atoms with E-state index in [1.807, 2.05) is 25.1 Å². The number of aryl methyl sites for hydroxylation is 1. The van der Waals surface area contributed by atoms with Crippen molar-refractivity contribution in [2.45, 2.75) is 6.92 Å². The second-order valence-corrected chi connectivity index (χ2v) is 4.01. The van der Waals surface area contributed by atoms with Crippen LogP contribution in [0.2, 0.25) is 0 Å². The Balaban J connectivity index is 2.29. The van der Waals surface area contributed by atoms with E-state index in [1.165, 1.54) is 6.07 Å². The fourth-order valence-electron chi connectivity index (χ4n) is 1.76. The first kappa shape index (κ1) is 12.2. The molecule has 0 atom stereocenters. The first-order chi connectivity index (χ1) is 8.61. The average molecular weight is 246 g/mol. The summed E-state index contributed by atoms with van der Waals surface area (Å²) in [5.41, 5.74) is 8.17. The zero-order chi connectivity index (χ0) is 13.1. The van der Waals surface area contributed by atoms with Gasteiger partial charge in [-0.05, 0) is 42.8 Å². The summed E-state index contributed by atoms with van der Waals surface area (Å²) < 4.78 is 18.5. The third kappa shape index (κ3) is 2.37. The van der Waals surface area contributed by atoms with E-state index in [4.69, 9.17) is 10.5 Å². The molecule has 0 radical (unpaired) electrons. The van der Waals surface area contributed by atoms with Gasteiger partial charge in [-0.25, -0.2) is 4.39 Å². The average Bonchev–Trinajstić information content (AvgIpc) is 2.35. The highest BCUT2D eigenvalue weighted by Gasteiger charge is 2.05. The molecule has 2 aromatic rings. The maximum absolute atomic E-state index is 13.3. The second kappa shape index (κ2) is 4.96. The third-order valence-electron chi connectivity index (χ3n) is 2.73. The lowest BCUT2D eigenvalue weighted by molar-refractivity contribution is 0.412. The number of methoxy groups -OCH3 is 1. The number of anilines is 3. The summed E-state index contributed by atoms with van der Waals surface area (Å²) in [5.74, 6) is 0.387. The molecule has 0 unspecified atom stereocenters. The van der Waals surface area contributed by atoms with Gasteiger partial charge in [-0.1, -0.05) is 6.07 Å². The van der Waals surface area contributed by atoms with E-state index in [9.17, 15) is 4.39 Å². The Kier molecular flexibility index (Phi) is 3.37. The zero-order valence-corrected chi connectivity index (χ0v) is 10.3. The summed E-state index contributed by atoms with van der Waals surface area (Å²) in [4.78, 5) is 0. The minimum Gasteiger partial charge on any atom is -0.496 e. The number of para-hydroxylation sites is 1. The summed E-state index contributed by atoms with van der Waals surface area (Å²) in [5, 5.41) is 3.08. The number of nitrogen functional groups attached to an aromatic ring is 1. The molecule has 94 valence electrons. The van der Waals surface area contributed by atoms with Gasteiger partial charge in [-0.15, -0.1) is 0 Å². The number of benzene rings is 2. The molecule has 2 aromatic carbocycles. The van der Waals surface area contributed by atoms with E-state index in [-0.39, 0.29) is 5.69 Å². The highest BCUT2D eigenvalue weighted by atomic mass is 19.1. The Morgan fingerprint density at radius 3 is 2.67 bits per heavy atom. The maximum Gasteiger partial charge on any atom is 0.148 e. The summed E-state index contributed by atoms with van der Waals surface area (Å²) in [7, 11) is 1.62. The Bertz CT molecular complexity index is 570. The lowest BCUT2D eigenvalue weighted by Gasteiger charge is -2.12. The van der Waals surface area contributed by atoms with Crippen molar-refractivity contribution in [3.8, 4) is 5.75 Å². The first-order valence-electron chi connectivity index (χ1n) is 5.57. The molecule has 0 spiro atoms. The topological polar surface area (TPSA) is 47.3 Å². The van der Waals surface area contributed by atoms with Gasteiger partial charge in [0.25, 0.3) is 0 Å². The molecule has 18 heavy (non-hydrogen) atoms. The van der Waals surface area contributed by atoms with Crippen molar-refractivity contribution < 1.29 is 9.13 Å². The summed E-state index contributed by atoms with van der Waals surface area (Å²) in [6.45, 7) is 1.94. The fourth-order valence-corrected chi connectivity index (χ4v) is 1.76. The molecule has 0 heterocycles. The van der Waals surface area contributed by atoms with Gasteiger partial charge in [0.2, 0.25) is 0 Å². The summed E-state index contributed by atoms with van der Waals surface area (Å²) in [6.07, 6.45) is 0. The van der Waals surface area contributed by atoms with E-state index < -0.39 is 5.82 Å². The van der Waals surface area contributed by atoms with Crippen molar-refractivity contribution in [2.75, 3.05) is 18.2 Å². The van der Waals surface area contributed by atoms with Crippen LogP contribution < -0.4 is 15.8 Å². The van der Waals surface area contributed by atoms with E-state index in [0.29, 0.717) is 5.69 Å². The number of nitrogens with two attached hydrogens (primary N) is 1. The number of hydrogen-bond acceptors (Lipinski definition) is 3. The van der Waals surface area contributed by atoms with Gasteiger partial charge in [-0.2, -0.15) is 0 Å². The number of halogens is 1. The molecule has 3 nitrogen and oxygen atoms in total. The van der Waals surface area contributed by atoms with Gasteiger partial charge in [0.05, 0.1) is 18.5 Å². The van der Waals surface area contributed by atoms with Gasteiger partial charge >= 0.3 is 0 Å². The molecule has 0 aliphatic rings. The van der Waals surface area contributed by atoms with E-state index in [0.717, 1.165) is 17.0 Å². The molecule has 0 aliphatic carbocycles. The van der Waals surface area contributed by atoms with Crippen molar-refractivity contribution in [3.05, 3.63) is 47.8 Å². The van der Waals surface area contributed by atoms with Crippen molar-refractivity contribution in [1.82, 2.24) is 0 Å². The molecular weight excluding hydrogens is 231 g/mol. The molecule has 3 N–H and O–H groups in total. The molecule has 4 heteroatoms. The quantitative estimate of drug-likeness (QED) is 0.815. The standard InChI is InChI=1S/C14H15FN2O/c1-9-8-10(6-7-13(9)18-2)17-12-5-3-4-11(15)14(12)16/h3-8,17H,16H2,1-2H3. The van der Waals surface area contributed by atoms with Gasteiger partial charge in [0.15, 0.2) is 0 Å². The predicted molar refractivity (Wildman–Crippen MR) is 71.8 cm³/mol. The first-order valence-corrected chi connectivity index (χ1v) is 5.57. The Hall–Kier alpha value is -2.23. The lowest BCUT2D eigenvalue weighted by Crippen LogP contribution is -1.99. The zero-order valence-electron chi connectivity index (χ0n) is 10.3. The van der Waals surface area contributed by atoms with Crippen molar-refractivity contribution in [3.63, 3.8) is 0 Å². The molecule has 0 aromatic heterocycles. The Morgan fingerprint density at radius 2 is 2.00 bits per heavy atom. The molecule has 0 bridgehead atoms. The third-order valence-corrected chi connectivity index (χ3v) is 2.73. The second-order valence-electron chi connectivity index (χ2n) is 4.01. The summed E-state index contributed by atoms with van der Waals surface area (Å²) in [6, 6.07) is 10.3.